The Bertz CT molecular complexity index is 480. The number of carbonyl (C=O) groups excluding carboxylic acids is 1. The predicted molar refractivity (Wildman–Crippen MR) is 73.1 cm³/mol. The van der Waals surface area contributed by atoms with Gasteiger partial charge in [-0.15, -0.1) is 0 Å². The summed E-state index contributed by atoms with van der Waals surface area (Å²) in [6.07, 6.45) is 0.207. The molecule has 2 atom stereocenters. The lowest BCUT2D eigenvalue weighted by molar-refractivity contribution is -0.122. The molecule has 0 aliphatic carbocycles. The first-order chi connectivity index (χ1) is 8.63. The third kappa shape index (κ3) is 2.55. The summed E-state index contributed by atoms with van der Waals surface area (Å²) in [4.78, 5) is 14.1. The molecule has 5 heteroatoms. The van der Waals surface area contributed by atoms with Gasteiger partial charge in [-0.2, -0.15) is 5.26 Å². The topological polar surface area (TPSA) is 56.1 Å². The van der Waals surface area contributed by atoms with E-state index in [1.807, 2.05) is 37.3 Å². The number of halogens is 1. The van der Waals surface area contributed by atoms with Crippen molar-refractivity contribution < 1.29 is 4.79 Å². The van der Waals surface area contributed by atoms with E-state index in [0.29, 0.717) is 6.54 Å². The minimum absolute atomic E-state index is 0.0300. The molecule has 2 rings (SSSR count). The number of amides is 1. The fourth-order valence-electron chi connectivity index (χ4n) is 2.11. The van der Waals surface area contributed by atoms with Gasteiger partial charge in [-0.1, -0.05) is 15.9 Å². The van der Waals surface area contributed by atoms with Crippen molar-refractivity contribution in [1.82, 2.24) is 5.32 Å². The minimum atomic E-state index is -0.394. The molecule has 1 amide bonds. The van der Waals surface area contributed by atoms with Crippen LogP contribution in [0.25, 0.3) is 0 Å². The maximum Gasteiger partial charge on any atom is 0.245 e. The van der Waals surface area contributed by atoms with Crippen LogP contribution in [0.2, 0.25) is 0 Å². The highest BCUT2D eigenvalue weighted by atomic mass is 79.9. The molecule has 1 aliphatic rings. The van der Waals surface area contributed by atoms with E-state index in [1.165, 1.54) is 0 Å². The van der Waals surface area contributed by atoms with Crippen molar-refractivity contribution in [3.8, 4) is 6.07 Å². The number of nitrogens with one attached hydrogen (secondary N) is 1. The van der Waals surface area contributed by atoms with Crippen molar-refractivity contribution in [2.75, 3.05) is 11.4 Å². The van der Waals surface area contributed by atoms with E-state index in [2.05, 4.69) is 21.2 Å². The van der Waals surface area contributed by atoms with Crippen molar-refractivity contribution in [3.63, 3.8) is 0 Å². The first kappa shape index (κ1) is 13.1. The Balaban J connectivity index is 2.26. The molecule has 18 heavy (non-hydrogen) atoms. The largest absolute Gasteiger partial charge is 0.307 e. The second kappa shape index (κ2) is 5.51. The summed E-state index contributed by atoms with van der Waals surface area (Å²) in [7, 11) is 0. The summed E-state index contributed by atoms with van der Waals surface area (Å²) >= 11 is 3.38. The van der Waals surface area contributed by atoms with E-state index < -0.39 is 6.04 Å². The van der Waals surface area contributed by atoms with Crippen LogP contribution in [0, 0.1) is 11.3 Å². The van der Waals surface area contributed by atoms with Gasteiger partial charge in [0, 0.05) is 22.7 Å². The van der Waals surface area contributed by atoms with Gasteiger partial charge in [0.25, 0.3) is 0 Å². The number of carbonyl (C=O) groups is 1. The molecule has 2 unspecified atom stereocenters. The van der Waals surface area contributed by atoms with Gasteiger partial charge in [-0.05, 0) is 31.2 Å². The van der Waals surface area contributed by atoms with E-state index in [4.69, 9.17) is 5.26 Å². The van der Waals surface area contributed by atoms with Crippen molar-refractivity contribution in [2.45, 2.75) is 25.4 Å². The molecule has 0 bridgehead atoms. The molecule has 1 saturated heterocycles. The zero-order valence-corrected chi connectivity index (χ0v) is 11.6. The summed E-state index contributed by atoms with van der Waals surface area (Å²) in [5.74, 6) is -0.0300. The molecular formula is C13H14BrN3O. The van der Waals surface area contributed by atoms with Gasteiger partial charge in [-0.3, -0.25) is 4.79 Å². The Morgan fingerprint density at radius 2 is 2.17 bits per heavy atom. The lowest BCUT2D eigenvalue weighted by atomic mass is 10.1. The zero-order chi connectivity index (χ0) is 13.1. The lowest BCUT2D eigenvalue weighted by Crippen LogP contribution is -2.59. The van der Waals surface area contributed by atoms with Crippen LogP contribution in [0.5, 0.6) is 0 Å². The average Bonchev–Trinajstić information content (AvgIpc) is 2.35. The molecule has 0 radical (unpaired) electrons. The molecule has 1 fully saturated rings. The molecule has 1 aromatic carbocycles. The van der Waals surface area contributed by atoms with Crippen LogP contribution in [-0.4, -0.2) is 24.5 Å². The first-order valence-corrected chi connectivity index (χ1v) is 6.61. The maximum atomic E-state index is 12.3. The van der Waals surface area contributed by atoms with E-state index in [-0.39, 0.29) is 18.4 Å². The third-order valence-electron chi connectivity index (χ3n) is 3.04. The maximum absolute atomic E-state index is 12.3. The highest BCUT2D eigenvalue weighted by Crippen LogP contribution is 2.23. The Labute approximate surface area is 115 Å². The third-order valence-corrected chi connectivity index (χ3v) is 3.56. The smallest absolute Gasteiger partial charge is 0.245 e. The number of hydrogen-bond donors (Lipinski definition) is 1. The van der Waals surface area contributed by atoms with Gasteiger partial charge >= 0.3 is 0 Å². The molecular weight excluding hydrogens is 294 g/mol. The number of rotatable bonds is 2. The molecule has 1 N–H and O–H groups in total. The SMILES string of the molecule is CC1CNC(CC#N)C(=O)N1c1ccc(Br)cc1. The summed E-state index contributed by atoms with van der Waals surface area (Å²) in [5.41, 5.74) is 0.875. The van der Waals surface area contributed by atoms with Crippen molar-refractivity contribution in [2.24, 2.45) is 0 Å². The lowest BCUT2D eigenvalue weighted by Gasteiger charge is -2.37. The summed E-state index contributed by atoms with van der Waals surface area (Å²) < 4.78 is 0.982. The van der Waals surface area contributed by atoms with E-state index in [9.17, 15) is 4.79 Å². The zero-order valence-electron chi connectivity index (χ0n) is 10.1. The highest BCUT2D eigenvalue weighted by Gasteiger charge is 2.33. The van der Waals surface area contributed by atoms with E-state index >= 15 is 0 Å². The van der Waals surface area contributed by atoms with Crippen LogP contribution >= 0.6 is 15.9 Å². The molecule has 0 spiro atoms. The monoisotopic (exact) mass is 307 g/mol. The van der Waals surface area contributed by atoms with Gasteiger partial charge in [0.2, 0.25) is 5.91 Å². The molecule has 1 aromatic rings. The average molecular weight is 308 g/mol. The van der Waals surface area contributed by atoms with E-state index in [1.54, 1.807) is 4.90 Å². The van der Waals surface area contributed by atoms with Gasteiger partial charge < -0.3 is 10.2 Å². The van der Waals surface area contributed by atoms with Crippen molar-refractivity contribution >= 4 is 27.5 Å². The molecule has 4 nitrogen and oxygen atoms in total. The summed E-state index contributed by atoms with van der Waals surface area (Å²) in [6, 6.07) is 9.39. The summed E-state index contributed by atoms with van der Waals surface area (Å²) in [6.45, 7) is 2.70. The number of nitrogens with zero attached hydrogens (tertiary/aromatic N) is 2. The molecule has 0 saturated carbocycles. The van der Waals surface area contributed by atoms with Gasteiger partial charge in [-0.25, -0.2) is 0 Å². The van der Waals surface area contributed by atoms with Gasteiger partial charge in [0.05, 0.1) is 12.5 Å². The van der Waals surface area contributed by atoms with Crippen molar-refractivity contribution in [3.05, 3.63) is 28.7 Å². The Morgan fingerprint density at radius 3 is 2.78 bits per heavy atom. The van der Waals surface area contributed by atoms with Crippen LogP contribution < -0.4 is 10.2 Å². The predicted octanol–water partition coefficient (Wildman–Crippen LogP) is 2.06. The van der Waals surface area contributed by atoms with Crippen molar-refractivity contribution in [1.29, 1.82) is 5.26 Å². The number of nitriles is 1. The van der Waals surface area contributed by atoms with Crippen LogP contribution in [-0.2, 0) is 4.79 Å². The van der Waals surface area contributed by atoms with Gasteiger partial charge in [0.15, 0.2) is 0 Å². The first-order valence-electron chi connectivity index (χ1n) is 5.82. The fourth-order valence-corrected chi connectivity index (χ4v) is 2.38. The minimum Gasteiger partial charge on any atom is -0.307 e. The normalized spacial score (nSPS) is 23.8. The molecule has 0 aromatic heterocycles. The van der Waals surface area contributed by atoms with Crippen LogP contribution in [0.15, 0.2) is 28.7 Å². The molecule has 1 heterocycles. The van der Waals surface area contributed by atoms with Crippen LogP contribution in [0.3, 0.4) is 0 Å². The number of piperazine rings is 1. The number of anilines is 1. The summed E-state index contributed by atoms with van der Waals surface area (Å²) in [5, 5.41) is 11.8. The quantitative estimate of drug-likeness (QED) is 0.910. The second-order valence-electron chi connectivity index (χ2n) is 4.36. The van der Waals surface area contributed by atoms with Crippen LogP contribution in [0.1, 0.15) is 13.3 Å². The number of hydrogen-bond acceptors (Lipinski definition) is 3. The Kier molecular flexibility index (Phi) is 4.00. The second-order valence-corrected chi connectivity index (χ2v) is 5.27. The fraction of sp³-hybridized carbons (Fsp3) is 0.385. The Hall–Kier alpha value is -1.38. The standard InChI is InChI=1S/C13H14BrN3O/c1-9-8-16-12(6-7-15)13(18)17(9)11-4-2-10(14)3-5-11/h2-5,9,12,16H,6,8H2,1H3. The van der Waals surface area contributed by atoms with E-state index in [0.717, 1.165) is 10.2 Å². The van der Waals surface area contributed by atoms with Crippen LogP contribution in [0.4, 0.5) is 5.69 Å². The highest BCUT2D eigenvalue weighted by molar-refractivity contribution is 9.10. The molecule has 1 aliphatic heterocycles. The molecule has 94 valence electrons. The Morgan fingerprint density at radius 1 is 1.50 bits per heavy atom. The number of benzene rings is 1. The van der Waals surface area contributed by atoms with Gasteiger partial charge in [0.1, 0.15) is 6.04 Å².